The number of fused-ring (bicyclic) bond motifs is 1. The zero-order valence-electron chi connectivity index (χ0n) is 26.1. The SMILES string of the molecule is Cn1c(=O)c(-c2c(Cl)cccc2Cl)cc2cnc(Nc3cc(CNC(=O)Oc4ccccc4)c(OCCN4CCS(=O)(=O)CC4)nn3)nc21. The molecular formula is C32H30Cl2N8O6S. The second kappa shape index (κ2) is 14.7. The Morgan fingerprint density at radius 2 is 1.73 bits per heavy atom. The minimum Gasteiger partial charge on any atom is -0.475 e. The van der Waals surface area contributed by atoms with Crippen LogP contribution in [0.1, 0.15) is 5.56 Å². The summed E-state index contributed by atoms with van der Waals surface area (Å²) in [5, 5.41) is 15.4. The van der Waals surface area contributed by atoms with Crippen LogP contribution in [0, 0.1) is 0 Å². The number of rotatable bonds is 10. The Hall–Kier alpha value is -4.83. The van der Waals surface area contributed by atoms with Crippen molar-refractivity contribution in [3.05, 3.63) is 92.8 Å². The molecule has 0 bridgehead atoms. The van der Waals surface area contributed by atoms with Gasteiger partial charge in [0, 0.05) is 49.4 Å². The number of carbonyl (C=O) groups is 1. The average Bonchev–Trinajstić information content (AvgIpc) is 3.08. The number of nitrogens with zero attached hydrogens (tertiary/aromatic N) is 6. The van der Waals surface area contributed by atoms with E-state index in [1.165, 1.54) is 4.57 Å². The number of aromatic nitrogens is 5. The van der Waals surface area contributed by atoms with E-state index in [-0.39, 0.29) is 47.9 Å². The van der Waals surface area contributed by atoms with Crippen molar-refractivity contribution >= 4 is 61.9 Å². The number of sulfone groups is 1. The second-order valence-corrected chi connectivity index (χ2v) is 14.2. The van der Waals surface area contributed by atoms with Crippen LogP contribution in [0.3, 0.4) is 0 Å². The van der Waals surface area contributed by atoms with E-state index in [4.69, 9.17) is 32.7 Å². The third-order valence-corrected chi connectivity index (χ3v) is 9.95. The van der Waals surface area contributed by atoms with Crippen molar-refractivity contribution < 1.29 is 22.7 Å². The molecule has 14 nitrogen and oxygen atoms in total. The fourth-order valence-electron chi connectivity index (χ4n) is 5.13. The van der Waals surface area contributed by atoms with Crippen molar-refractivity contribution in [2.45, 2.75) is 6.54 Å². The smallest absolute Gasteiger partial charge is 0.412 e. The summed E-state index contributed by atoms with van der Waals surface area (Å²) in [4.78, 5) is 36.8. The van der Waals surface area contributed by atoms with E-state index in [0.717, 1.165) is 0 Å². The lowest BCUT2D eigenvalue weighted by Crippen LogP contribution is -2.42. The first-order valence-electron chi connectivity index (χ1n) is 15.1. The molecular weight excluding hydrogens is 695 g/mol. The van der Waals surface area contributed by atoms with E-state index in [2.05, 4.69) is 30.8 Å². The van der Waals surface area contributed by atoms with Gasteiger partial charge in [-0.05, 0) is 36.4 Å². The Bertz CT molecular complexity index is 2150. The number of pyridine rings is 1. The minimum atomic E-state index is -3.00. The van der Waals surface area contributed by atoms with E-state index in [9.17, 15) is 18.0 Å². The first kappa shape index (κ1) is 34.0. The molecule has 6 rings (SSSR count). The van der Waals surface area contributed by atoms with Gasteiger partial charge in [-0.2, -0.15) is 4.98 Å². The number of nitrogens with one attached hydrogen (secondary N) is 2. The minimum absolute atomic E-state index is 0.0202. The highest BCUT2D eigenvalue weighted by atomic mass is 35.5. The quantitative estimate of drug-likeness (QED) is 0.210. The first-order chi connectivity index (χ1) is 23.6. The van der Waals surface area contributed by atoms with E-state index >= 15 is 0 Å². The lowest BCUT2D eigenvalue weighted by atomic mass is 10.1. The topological polar surface area (TPSA) is 171 Å². The molecule has 0 aliphatic carbocycles. The van der Waals surface area contributed by atoms with Gasteiger partial charge in [-0.25, -0.2) is 18.2 Å². The number of hydrogen-bond acceptors (Lipinski definition) is 12. The van der Waals surface area contributed by atoms with Crippen molar-refractivity contribution in [2.24, 2.45) is 7.05 Å². The first-order valence-corrected chi connectivity index (χ1v) is 17.6. The zero-order chi connectivity index (χ0) is 34.5. The van der Waals surface area contributed by atoms with Gasteiger partial charge in [0.2, 0.25) is 11.8 Å². The van der Waals surface area contributed by atoms with E-state index in [0.29, 0.717) is 63.2 Å². The number of ether oxygens (including phenoxy) is 2. The molecule has 1 amide bonds. The molecule has 1 aliphatic heterocycles. The summed E-state index contributed by atoms with van der Waals surface area (Å²) >= 11 is 12.8. The maximum absolute atomic E-state index is 13.4. The van der Waals surface area contributed by atoms with Crippen molar-refractivity contribution in [1.82, 2.24) is 34.9 Å². The van der Waals surface area contributed by atoms with Gasteiger partial charge in [0.25, 0.3) is 5.56 Å². The number of aryl methyl sites for hydroxylation is 1. The van der Waals surface area contributed by atoms with Crippen LogP contribution in [-0.2, 0) is 23.4 Å². The predicted molar refractivity (Wildman–Crippen MR) is 185 cm³/mol. The van der Waals surface area contributed by atoms with E-state index in [1.807, 2.05) is 4.90 Å². The standard InChI is InChI=1S/C32H30Cl2N8O6S/c1-41-28-20(16-23(30(41)43)27-24(33)8-5-9-25(27)34)18-35-31(38-28)37-26-17-21(19-36-32(44)48-22-6-3-2-4-7-22)29(40-39-26)47-13-10-42-11-14-49(45,46)15-12-42/h2-9,16-18H,10-15,19H2,1H3,(H,36,44)(H,35,37,38,39). The van der Waals surface area contributed by atoms with Crippen molar-refractivity contribution in [3.63, 3.8) is 0 Å². The van der Waals surface area contributed by atoms with Crippen LogP contribution < -0.4 is 25.7 Å². The van der Waals surface area contributed by atoms with Crippen LogP contribution in [0.5, 0.6) is 11.6 Å². The molecule has 4 heterocycles. The van der Waals surface area contributed by atoms with Crippen molar-refractivity contribution in [3.8, 4) is 22.8 Å². The zero-order valence-corrected chi connectivity index (χ0v) is 28.4. The molecule has 5 aromatic rings. The van der Waals surface area contributed by atoms with Gasteiger partial charge in [-0.15, -0.1) is 10.2 Å². The van der Waals surface area contributed by atoms with Gasteiger partial charge in [-0.1, -0.05) is 47.5 Å². The molecule has 1 fully saturated rings. The number of anilines is 2. The lowest BCUT2D eigenvalue weighted by Gasteiger charge is -2.26. The Labute approximate surface area is 290 Å². The summed E-state index contributed by atoms with van der Waals surface area (Å²) in [7, 11) is -1.42. The molecule has 0 saturated carbocycles. The van der Waals surface area contributed by atoms with Crippen LogP contribution in [0.15, 0.2) is 71.7 Å². The summed E-state index contributed by atoms with van der Waals surface area (Å²) < 4.78 is 36.2. The van der Waals surface area contributed by atoms with Gasteiger partial charge >= 0.3 is 6.09 Å². The summed E-state index contributed by atoms with van der Waals surface area (Å²) in [5.74, 6) is 1.13. The average molecular weight is 726 g/mol. The van der Waals surface area contributed by atoms with Gasteiger partial charge < -0.3 is 20.1 Å². The monoisotopic (exact) mass is 724 g/mol. The summed E-state index contributed by atoms with van der Waals surface area (Å²) in [6.07, 6.45) is 0.867. The van der Waals surface area contributed by atoms with Crippen molar-refractivity contribution in [2.75, 3.05) is 43.1 Å². The Balaban J connectivity index is 1.21. The predicted octanol–water partition coefficient (Wildman–Crippen LogP) is 4.23. The van der Waals surface area contributed by atoms with Crippen LogP contribution in [-0.4, -0.2) is 81.9 Å². The maximum atomic E-state index is 13.4. The number of amides is 1. The van der Waals surface area contributed by atoms with Crippen LogP contribution in [0.4, 0.5) is 16.6 Å². The molecule has 0 spiro atoms. The molecule has 0 radical (unpaired) electrons. The molecule has 0 atom stereocenters. The largest absolute Gasteiger partial charge is 0.475 e. The summed E-state index contributed by atoms with van der Waals surface area (Å²) in [6.45, 7) is 1.52. The highest BCUT2D eigenvalue weighted by Crippen LogP contribution is 2.34. The summed E-state index contributed by atoms with van der Waals surface area (Å²) in [5.41, 5.74) is 1.20. The van der Waals surface area contributed by atoms with Gasteiger partial charge in [0.15, 0.2) is 15.7 Å². The molecule has 17 heteroatoms. The number of halogens is 2. The highest BCUT2D eigenvalue weighted by molar-refractivity contribution is 7.91. The molecule has 0 unspecified atom stereocenters. The number of carbonyl (C=O) groups excluding carboxylic acids is 1. The fourth-order valence-corrected chi connectivity index (χ4v) is 7.01. The lowest BCUT2D eigenvalue weighted by molar-refractivity contribution is 0.199. The Morgan fingerprint density at radius 3 is 2.47 bits per heavy atom. The van der Waals surface area contributed by atoms with Crippen LogP contribution >= 0.6 is 23.2 Å². The molecule has 1 aliphatic rings. The number of benzene rings is 2. The van der Waals surface area contributed by atoms with E-state index in [1.54, 1.807) is 73.9 Å². The third-order valence-electron chi connectivity index (χ3n) is 7.71. The molecule has 2 aromatic carbocycles. The van der Waals surface area contributed by atoms with Gasteiger partial charge in [0.1, 0.15) is 18.0 Å². The third kappa shape index (κ3) is 8.25. The van der Waals surface area contributed by atoms with E-state index < -0.39 is 15.9 Å². The molecule has 49 heavy (non-hydrogen) atoms. The molecule has 3 aromatic heterocycles. The molecule has 1 saturated heterocycles. The summed E-state index contributed by atoms with van der Waals surface area (Å²) in [6, 6.07) is 16.9. The Morgan fingerprint density at radius 1 is 1.00 bits per heavy atom. The molecule has 254 valence electrons. The fraction of sp³-hybridized carbons (Fsp3) is 0.250. The maximum Gasteiger partial charge on any atom is 0.412 e. The highest BCUT2D eigenvalue weighted by Gasteiger charge is 2.22. The van der Waals surface area contributed by atoms with Crippen molar-refractivity contribution in [1.29, 1.82) is 0 Å². The van der Waals surface area contributed by atoms with Gasteiger partial charge in [0.05, 0.1) is 33.7 Å². The normalized spacial score (nSPS) is 14.3. The second-order valence-electron chi connectivity index (χ2n) is 11.1. The van der Waals surface area contributed by atoms with Crippen LogP contribution in [0.2, 0.25) is 10.0 Å². The number of hydrogen-bond donors (Lipinski definition) is 2. The van der Waals surface area contributed by atoms with Gasteiger partial charge in [-0.3, -0.25) is 14.3 Å². The molecule has 2 N–H and O–H groups in total. The number of para-hydroxylation sites is 1. The van der Waals surface area contributed by atoms with Crippen LogP contribution in [0.25, 0.3) is 22.2 Å². The Kier molecular flexibility index (Phi) is 10.2.